The van der Waals surface area contributed by atoms with E-state index in [2.05, 4.69) is 19.1 Å². The van der Waals surface area contributed by atoms with Gasteiger partial charge in [0, 0.05) is 0 Å². The topological polar surface area (TPSA) is 23.9 Å². The molecule has 0 bridgehead atoms. The Bertz CT molecular complexity index is 135. The Kier molecular flexibility index (Phi) is 25.3. The molecule has 0 aliphatic heterocycles. The molecule has 0 rings (SSSR count). The minimum Gasteiger partial charge on any atom is -0.248 e. The maximum absolute atomic E-state index is 5.77. The molecular formula is C13H26NNaS. The van der Waals surface area contributed by atoms with Gasteiger partial charge < -0.3 is 0 Å². The maximum atomic E-state index is 5.77. The van der Waals surface area contributed by atoms with Gasteiger partial charge in [-0.05, 0) is 12.2 Å². The van der Waals surface area contributed by atoms with Gasteiger partial charge in [-0.2, -0.15) is 0 Å². The van der Waals surface area contributed by atoms with E-state index in [0.717, 1.165) is 0 Å². The summed E-state index contributed by atoms with van der Waals surface area (Å²) in [5, 5.41) is 7.36. The van der Waals surface area contributed by atoms with Gasteiger partial charge >= 0.3 is 103 Å². The molecule has 0 aliphatic rings. The van der Waals surface area contributed by atoms with Gasteiger partial charge in [-0.15, -0.1) is 0 Å². The Hall–Kier alpha value is 0.800. The van der Waals surface area contributed by atoms with Crippen LogP contribution in [-0.2, 0) is 0 Å². The van der Waals surface area contributed by atoms with Gasteiger partial charge in [0.05, 0.1) is 5.16 Å². The van der Waals surface area contributed by atoms with Gasteiger partial charge in [-0.25, -0.2) is 5.41 Å². The number of rotatable bonds is 10. The molecule has 0 amide bonds. The minimum atomic E-state index is 1.38. The quantitative estimate of drug-likeness (QED) is 0.246. The number of hydrogen-bond acceptors (Lipinski definition) is 2. The number of thiocarbonyl (C=S) groups is 1. The van der Waals surface area contributed by atoms with Gasteiger partial charge in [0.25, 0.3) is 0 Å². The average molecular weight is 251 g/mol. The summed E-state index contributed by atoms with van der Waals surface area (Å²) in [4.78, 5) is 0. The van der Waals surface area contributed by atoms with Crippen LogP contribution < -0.4 is 0 Å². The molecule has 0 radical (unpaired) electrons. The van der Waals surface area contributed by atoms with Gasteiger partial charge in [0.1, 0.15) is 0 Å². The first-order chi connectivity index (χ1) is 7.83. The van der Waals surface area contributed by atoms with Crippen molar-refractivity contribution in [1.29, 1.82) is 5.41 Å². The van der Waals surface area contributed by atoms with Crippen molar-refractivity contribution in [1.82, 2.24) is 0 Å². The van der Waals surface area contributed by atoms with Crippen molar-refractivity contribution >= 4 is 45.3 Å². The zero-order chi connectivity index (χ0) is 12.5. The van der Waals surface area contributed by atoms with Crippen molar-refractivity contribution in [2.75, 3.05) is 0 Å². The predicted molar refractivity (Wildman–Crippen MR) is 77.7 cm³/mol. The van der Waals surface area contributed by atoms with Crippen molar-refractivity contribution in [3.8, 4) is 0 Å². The molecule has 0 unspecified atom stereocenters. The third-order valence-corrected chi connectivity index (χ3v) is 3.41. The molecule has 1 N–H and O–H groups in total. The molecule has 0 saturated carbocycles. The molecular weight excluding hydrogens is 225 g/mol. The molecule has 3 heteroatoms. The van der Waals surface area contributed by atoms with Crippen molar-refractivity contribution in [2.45, 2.75) is 74.8 Å². The van der Waals surface area contributed by atoms with Crippen LogP contribution >= 0.6 is 12.2 Å². The SMILES string of the molecule is CCCCCCCCCCC[CH2][Na].N=C=S. The van der Waals surface area contributed by atoms with Crippen LogP contribution in [0.4, 0.5) is 0 Å². The summed E-state index contributed by atoms with van der Waals surface area (Å²) >= 11 is 5.22. The Balaban J connectivity index is 0. The molecule has 0 aliphatic carbocycles. The van der Waals surface area contributed by atoms with Crippen molar-refractivity contribution in [2.24, 2.45) is 0 Å². The second-order valence-corrected chi connectivity index (χ2v) is 5.49. The number of isothiocyanates is 1. The summed E-state index contributed by atoms with van der Waals surface area (Å²) in [5.74, 6) is 0. The van der Waals surface area contributed by atoms with Gasteiger partial charge in [-0.1, -0.05) is 0 Å². The van der Waals surface area contributed by atoms with Crippen LogP contribution in [0.25, 0.3) is 0 Å². The normalized spacial score (nSPS) is 9.19. The molecule has 0 aromatic rings. The largest absolute Gasteiger partial charge is 0.248 e. The molecule has 16 heavy (non-hydrogen) atoms. The summed E-state index contributed by atoms with van der Waals surface area (Å²) in [5.41, 5.74) is 0. The predicted octanol–water partition coefficient (Wildman–Crippen LogP) is 5.16. The third-order valence-electron chi connectivity index (χ3n) is 2.71. The molecule has 0 aromatic carbocycles. The molecule has 90 valence electrons. The van der Waals surface area contributed by atoms with Crippen LogP contribution in [0.2, 0.25) is 3.67 Å². The zero-order valence-electron chi connectivity index (χ0n) is 11.2. The van der Waals surface area contributed by atoms with E-state index in [4.69, 9.17) is 5.41 Å². The van der Waals surface area contributed by atoms with E-state index < -0.39 is 0 Å². The first-order valence-electron chi connectivity index (χ1n) is 6.87. The number of unbranched alkanes of at least 4 members (excludes halogenated alkanes) is 9. The summed E-state index contributed by atoms with van der Waals surface area (Å²) in [6.07, 6.45) is 14.7. The van der Waals surface area contributed by atoms with Crippen LogP contribution in [-0.4, -0.2) is 33.1 Å². The molecule has 0 heterocycles. The van der Waals surface area contributed by atoms with Gasteiger partial charge in [0.15, 0.2) is 0 Å². The Morgan fingerprint density at radius 2 is 1.19 bits per heavy atom. The fourth-order valence-corrected chi connectivity index (χ4v) is 2.24. The van der Waals surface area contributed by atoms with Crippen molar-refractivity contribution < 1.29 is 0 Å². The summed E-state index contributed by atoms with van der Waals surface area (Å²) in [6.45, 7) is 2.29. The van der Waals surface area contributed by atoms with E-state index in [9.17, 15) is 0 Å². The Morgan fingerprint density at radius 3 is 1.50 bits per heavy atom. The second-order valence-electron chi connectivity index (χ2n) is 4.28. The van der Waals surface area contributed by atoms with Crippen molar-refractivity contribution in [3.05, 3.63) is 0 Å². The summed E-state index contributed by atoms with van der Waals surface area (Å²) < 4.78 is 1.51. The van der Waals surface area contributed by atoms with Gasteiger partial charge in [0.2, 0.25) is 0 Å². The Labute approximate surface area is 125 Å². The smallest absolute Gasteiger partial charge is 0.0554 e. The summed E-state index contributed by atoms with van der Waals surface area (Å²) in [7, 11) is 0. The number of nitrogens with one attached hydrogen (secondary N) is 1. The average Bonchev–Trinajstić information content (AvgIpc) is 2.28. The van der Waals surface area contributed by atoms with Crippen LogP contribution in [0.5, 0.6) is 0 Å². The molecule has 0 fully saturated rings. The fourth-order valence-electron chi connectivity index (χ4n) is 1.74. The monoisotopic (exact) mass is 251 g/mol. The first kappa shape index (κ1) is 19.1. The van der Waals surface area contributed by atoms with Crippen molar-refractivity contribution in [3.63, 3.8) is 0 Å². The molecule has 0 aromatic heterocycles. The molecule has 0 atom stereocenters. The minimum absolute atomic E-state index is 1.38. The molecule has 0 saturated heterocycles. The summed E-state index contributed by atoms with van der Waals surface area (Å²) in [6, 6.07) is 0. The molecule has 0 spiro atoms. The van der Waals surface area contributed by atoms with Crippen LogP contribution in [0.15, 0.2) is 0 Å². The van der Waals surface area contributed by atoms with Gasteiger partial charge in [-0.3, -0.25) is 0 Å². The third kappa shape index (κ3) is 24.2. The maximum Gasteiger partial charge on any atom is 0.0554 e. The zero-order valence-corrected chi connectivity index (χ0v) is 14.0. The van der Waals surface area contributed by atoms with E-state index in [1.807, 2.05) is 0 Å². The fraction of sp³-hybridized carbons (Fsp3) is 0.923. The Morgan fingerprint density at radius 1 is 0.875 bits per heavy atom. The van der Waals surface area contributed by atoms with Crippen LogP contribution in [0.1, 0.15) is 71.1 Å². The van der Waals surface area contributed by atoms with E-state index in [1.54, 1.807) is 5.16 Å². The first-order valence-corrected chi connectivity index (χ1v) is 8.69. The van der Waals surface area contributed by atoms with E-state index in [-0.39, 0.29) is 0 Å². The standard InChI is InChI=1S/C12H25.CHNS.Na/c1-3-5-7-9-11-12-10-8-6-4-2;2-1-3;/h1,3-12H2,2H3;2H;. The second kappa shape index (κ2) is 21.1. The van der Waals surface area contributed by atoms with Crippen LogP contribution in [0.3, 0.4) is 0 Å². The van der Waals surface area contributed by atoms with Crippen LogP contribution in [0, 0.1) is 5.41 Å². The number of hydrogen-bond donors (Lipinski definition) is 1. The van der Waals surface area contributed by atoms with E-state index >= 15 is 0 Å². The van der Waals surface area contributed by atoms with E-state index in [1.165, 1.54) is 95.8 Å². The van der Waals surface area contributed by atoms with E-state index in [0.29, 0.717) is 0 Å². The molecule has 1 nitrogen and oxygen atoms in total.